The number of amides is 3. The second-order valence-corrected chi connectivity index (χ2v) is 10.5. The summed E-state index contributed by atoms with van der Waals surface area (Å²) in [6.07, 6.45) is 8.34. The molecule has 8 heteroatoms. The van der Waals surface area contributed by atoms with Crippen molar-refractivity contribution < 1.29 is 9.59 Å². The highest BCUT2D eigenvalue weighted by molar-refractivity contribution is 7.18. The number of aryl methyl sites for hydroxylation is 2. The lowest BCUT2D eigenvalue weighted by Gasteiger charge is -2.56. The van der Waals surface area contributed by atoms with Gasteiger partial charge in [0.05, 0.1) is 11.7 Å². The van der Waals surface area contributed by atoms with Gasteiger partial charge in [0, 0.05) is 10.4 Å². The van der Waals surface area contributed by atoms with Gasteiger partial charge in [-0.15, -0.1) is 11.3 Å². The number of nitrogens with zero attached hydrogens (tertiary/aromatic N) is 2. The van der Waals surface area contributed by atoms with Crippen LogP contribution in [0, 0.1) is 31.6 Å². The van der Waals surface area contributed by atoms with E-state index < -0.39 is 11.9 Å². The second kappa shape index (κ2) is 6.65. The average molecular weight is 415 g/mol. The zero-order valence-electron chi connectivity index (χ0n) is 16.8. The average Bonchev–Trinajstić information content (AvgIpc) is 2.90. The molecule has 2 aromatic heterocycles. The lowest BCUT2D eigenvalue weighted by atomic mass is 9.53. The number of urea groups is 1. The number of nitrogens with one attached hydrogen (secondary N) is 2. The molecule has 6 rings (SSSR count). The Hall–Kier alpha value is -2.22. The molecule has 4 fully saturated rings. The van der Waals surface area contributed by atoms with E-state index in [0.29, 0.717) is 28.0 Å². The van der Waals surface area contributed by atoms with Gasteiger partial charge in [-0.2, -0.15) is 0 Å². The minimum atomic E-state index is -0.500. The van der Waals surface area contributed by atoms with Crippen LogP contribution in [0.4, 0.5) is 4.79 Å². The van der Waals surface area contributed by atoms with Crippen molar-refractivity contribution in [2.24, 2.45) is 17.8 Å². The fourth-order valence-corrected chi connectivity index (χ4v) is 7.23. The molecule has 0 aliphatic heterocycles. The third kappa shape index (κ3) is 3.27. The van der Waals surface area contributed by atoms with Crippen LogP contribution in [0.2, 0.25) is 0 Å². The summed E-state index contributed by atoms with van der Waals surface area (Å²) in [5, 5.41) is 6.11. The first-order valence-electron chi connectivity index (χ1n) is 10.4. The van der Waals surface area contributed by atoms with E-state index >= 15 is 0 Å². The lowest BCUT2D eigenvalue weighted by molar-refractivity contribution is -0.120. The first kappa shape index (κ1) is 18.8. The van der Waals surface area contributed by atoms with Crippen molar-refractivity contribution in [3.8, 4) is 0 Å². The van der Waals surface area contributed by atoms with Gasteiger partial charge in [-0.25, -0.2) is 9.78 Å². The highest BCUT2D eigenvalue weighted by Crippen LogP contribution is 2.55. The monoisotopic (exact) mass is 414 g/mol. The zero-order valence-corrected chi connectivity index (χ0v) is 17.6. The standard InChI is InChI=1S/C21H26N4O3S/c1-11-12(2)29-18-17(11)19(27)25(10-22-18)9-16(26)23-20(28)24-21-6-13-3-14(7-21)5-15(4-13)8-21/h10,13-15H,3-9H2,1-2H3,(H2,23,24,26,28). The topological polar surface area (TPSA) is 93.1 Å². The number of thiophene rings is 1. The van der Waals surface area contributed by atoms with Crippen molar-refractivity contribution in [1.82, 2.24) is 20.2 Å². The molecule has 0 atom stereocenters. The van der Waals surface area contributed by atoms with Gasteiger partial charge in [0.15, 0.2) is 0 Å². The summed E-state index contributed by atoms with van der Waals surface area (Å²) in [6.45, 7) is 3.62. The number of rotatable bonds is 3. The predicted octanol–water partition coefficient (Wildman–Crippen LogP) is 2.87. The highest BCUT2D eigenvalue weighted by atomic mass is 32.1. The first-order chi connectivity index (χ1) is 13.8. The van der Waals surface area contributed by atoms with Crippen molar-refractivity contribution in [2.75, 3.05) is 0 Å². The van der Waals surface area contributed by atoms with E-state index in [1.54, 1.807) is 0 Å². The molecular weight excluding hydrogens is 388 g/mol. The molecule has 4 bridgehead atoms. The molecule has 7 nitrogen and oxygen atoms in total. The van der Waals surface area contributed by atoms with Crippen molar-refractivity contribution in [1.29, 1.82) is 0 Å². The zero-order chi connectivity index (χ0) is 20.3. The summed E-state index contributed by atoms with van der Waals surface area (Å²) in [6, 6.07) is -0.443. The van der Waals surface area contributed by atoms with Gasteiger partial charge >= 0.3 is 6.03 Å². The van der Waals surface area contributed by atoms with Gasteiger partial charge in [0.25, 0.3) is 5.56 Å². The summed E-state index contributed by atoms with van der Waals surface area (Å²) in [4.78, 5) is 43.7. The Morgan fingerprint density at radius 1 is 1.17 bits per heavy atom. The molecule has 4 aliphatic rings. The molecule has 2 heterocycles. The molecule has 2 N–H and O–H groups in total. The van der Waals surface area contributed by atoms with Crippen LogP contribution < -0.4 is 16.2 Å². The second-order valence-electron chi connectivity index (χ2n) is 9.34. The van der Waals surface area contributed by atoms with Crippen LogP contribution >= 0.6 is 11.3 Å². The van der Waals surface area contributed by atoms with E-state index in [2.05, 4.69) is 15.6 Å². The molecular formula is C21H26N4O3S. The predicted molar refractivity (Wildman–Crippen MR) is 111 cm³/mol. The SMILES string of the molecule is Cc1sc2ncn(CC(=O)NC(=O)NC34CC5CC(CC(C5)C3)C4)c(=O)c2c1C. The van der Waals surface area contributed by atoms with E-state index in [1.807, 2.05) is 13.8 Å². The molecule has 0 unspecified atom stereocenters. The maximum Gasteiger partial charge on any atom is 0.321 e. The molecule has 29 heavy (non-hydrogen) atoms. The van der Waals surface area contributed by atoms with Gasteiger partial charge < -0.3 is 5.32 Å². The van der Waals surface area contributed by atoms with Crippen molar-refractivity contribution in [3.63, 3.8) is 0 Å². The third-order valence-electron chi connectivity index (χ3n) is 7.14. The molecule has 3 amide bonds. The van der Waals surface area contributed by atoms with Gasteiger partial charge in [0.1, 0.15) is 11.4 Å². The summed E-state index contributed by atoms with van der Waals surface area (Å²) in [7, 11) is 0. The molecule has 2 aromatic rings. The highest BCUT2D eigenvalue weighted by Gasteiger charge is 2.51. The quantitative estimate of drug-likeness (QED) is 0.808. The molecule has 0 spiro atoms. The number of fused-ring (bicyclic) bond motifs is 1. The number of carbonyl (C=O) groups excluding carboxylic acids is 2. The summed E-state index contributed by atoms with van der Waals surface area (Å²) in [5.41, 5.74) is 0.507. The first-order valence-corrected chi connectivity index (χ1v) is 11.2. The van der Waals surface area contributed by atoms with Crippen LogP contribution in [0.3, 0.4) is 0 Å². The summed E-state index contributed by atoms with van der Waals surface area (Å²) >= 11 is 1.47. The Labute approximate surface area is 172 Å². The van der Waals surface area contributed by atoms with Crippen molar-refractivity contribution in [3.05, 3.63) is 27.1 Å². The van der Waals surface area contributed by atoms with Crippen LogP contribution in [0.1, 0.15) is 49.0 Å². The normalized spacial score (nSPS) is 29.9. The minimum Gasteiger partial charge on any atom is -0.332 e. The Morgan fingerprint density at radius 2 is 1.79 bits per heavy atom. The Kier molecular flexibility index (Phi) is 4.31. The van der Waals surface area contributed by atoms with E-state index in [9.17, 15) is 14.4 Å². The van der Waals surface area contributed by atoms with Crippen molar-refractivity contribution in [2.45, 2.75) is 64.5 Å². The fourth-order valence-electron chi connectivity index (χ4n) is 6.24. The number of hydrogen-bond donors (Lipinski definition) is 2. The minimum absolute atomic E-state index is 0.151. The molecule has 154 valence electrons. The maximum atomic E-state index is 12.7. The largest absolute Gasteiger partial charge is 0.332 e. The third-order valence-corrected chi connectivity index (χ3v) is 8.25. The van der Waals surface area contributed by atoms with E-state index in [4.69, 9.17) is 0 Å². The fraction of sp³-hybridized carbons (Fsp3) is 0.619. The molecule has 0 saturated heterocycles. The molecule has 4 saturated carbocycles. The molecule has 4 aliphatic carbocycles. The number of carbonyl (C=O) groups is 2. The summed E-state index contributed by atoms with van der Waals surface area (Å²) < 4.78 is 1.27. The van der Waals surface area contributed by atoms with Gasteiger partial charge in [0.2, 0.25) is 5.91 Å². The molecule has 0 aromatic carbocycles. The van der Waals surface area contributed by atoms with Crippen LogP contribution in [-0.4, -0.2) is 27.0 Å². The Balaban J connectivity index is 1.26. The Bertz CT molecular complexity index is 1030. The van der Waals surface area contributed by atoms with Crippen molar-refractivity contribution >= 4 is 33.5 Å². The van der Waals surface area contributed by atoms with Crippen LogP contribution in [-0.2, 0) is 11.3 Å². The lowest BCUT2D eigenvalue weighted by Crippen LogP contribution is -2.62. The van der Waals surface area contributed by atoms with Crippen LogP contribution in [0.15, 0.2) is 11.1 Å². The van der Waals surface area contributed by atoms with E-state index in [1.165, 1.54) is 41.5 Å². The number of aromatic nitrogens is 2. The maximum absolute atomic E-state index is 12.7. The smallest absolute Gasteiger partial charge is 0.321 e. The van der Waals surface area contributed by atoms with Gasteiger partial charge in [-0.3, -0.25) is 19.5 Å². The molecule has 0 radical (unpaired) electrons. The van der Waals surface area contributed by atoms with Crippen LogP contribution in [0.25, 0.3) is 10.2 Å². The van der Waals surface area contributed by atoms with E-state index in [-0.39, 0.29) is 17.6 Å². The number of imide groups is 1. The van der Waals surface area contributed by atoms with E-state index in [0.717, 1.165) is 29.7 Å². The van der Waals surface area contributed by atoms with Gasteiger partial charge in [-0.05, 0) is 75.7 Å². The van der Waals surface area contributed by atoms with Crippen LogP contribution in [0.5, 0.6) is 0 Å². The number of hydrogen-bond acceptors (Lipinski definition) is 5. The van der Waals surface area contributed by atoms with Gasteiger partial charge in [-0.1, -0.05) is 0 Å². The Morgan fingerprint density at radius 3 is 2.41 bits per heavy atom. The summed E-state index contributed by atoms with van der Waals surface area (Å²) in [5.74, 6) is 1.64.